The molecule has 0 bridgehead atoms. The Kier molecular flexibility index (Phi) is 6.50. The van der Waals surface area contributed by atoms with Crippen LogP contribution in [0.3, 0.4) is 0 Å². The number of aromatic nitrogens is 2. The second-order valence-corrected chi connectivity index (χ2v) is 8.39. The molecule has 0 saturated carbocycles. The number of hydrogen-bond acceptors (Lipinski definition) is 4. The Balaban J connectivity index is 2.38. The number of nitrogens with zero attached hydrogens (tertiary/aromatic N) is 3. The number of fused-ring (bicyclic) bond motifs is 1. The third-order valence-electron chi connectivity index (χ3n) is 4.42. The first kappa shape index (κ1) is 23.6. The zero-order chi connectivity index (χ0) is 23.8. The zero-order valence-electron chi connectivity index (χ0n) is 17.8. The van der Waals surface area contributed by atoms with Crippen LogP contribution in [-0.4, -0.2) is 27.8 Å². The Labute approximate surface area is 187 Å². The fourth-order valence-electron chi connectivity index (χ4n) is 3.11. The number of hydrogen-bond donors (Lipinski definition) is 0. The summed E-state index contributed by atoms with van der Waals surface area (Å²) in [5.74, 6) is -1.05. The standard InChI is InChI=1S/C22H21ClF3N3O3/c1-5-28(21(31)32-22(2,3)4)20-27-16-8-6-7-15(24)17(16)19(30)29(20)14-10-12(18(25)26)9-13(23)11-14/h6-11,18H,5H2,1-4H3. The Morgan fingerprint density at radius 2 is 1.94 bits per heavy atom. The molecule has 1 aromatic heterocycles. The summed E-state index contributed by atoms with van der Waals surface area (Å²) in [7, 11) is 0. The predicted octanol–water partition coefficient (Wildman–Crippen LogP) is 5.88. The minimum atomic E-state index is -2.87. The summed E-state index contributed by atoms with van der Waals surface area (Å²) in [5.41, 5.74) is -2.27. The molecule has 0 fully saturated rings. The molecule has 0 atom stereocenters. The van der Waals surface area contributed by atoms with Crippen LogP contribution in [-0.2, 0) is 4.74 Å². The van der Waals surface area contributed by atoms with Crippen molar-refractivity contribution in [3.63, 3.8) is 0 Å². The van der Waals surface area contributed by atoms with E-state index >= 15 is 0 Å². The maximum absolute atomic E-state index is 14.5. The molecule has 1 heterocycles. The van der Waals surface area contributed by atoms with Crippen molar-refractivity contribution in [3.05, 3.63) is 63.2 Å². The molecule has 1 amide bonds. The summed E-state index contributed by atoms with van der Waals surface area (Å²) >= 11 is 6.01. The lowest BCUT2D eigenvalue weighted by molar-refractivity contribution is 0.0579. The number of alkyl halides is 2. The second-order valence-electron chi connectivity index (χ2n) is 7.95. The fraction of sp³-hybridized carbons (Fsp3) is 0.318. The van der Waals surface area contributed by atoms with E-state index in [9.17, 15) is 22.8 Å². The minimum absolute atomic E-state index is 0.000584. The highest BCUT2D eigenvalue weighted by molar-refractivity contribution is 6.30. The number of halogens is 4. The van der Waals surface area contributed by atoms with Gasteiger partial charge in [0, 0.05) is 17.1 Å². The van der Waals surface area contributed by atoms with Gasteiger partial charge in [-0.15, -0.1) is 0 Å². The summed E-state index contributed by atoms with van der Waals surface area (Å²) in [6.45, 7) is 6.66. The van der Waals surface area contributed by atoms with E-state index in [2.05, 4.69) is 4.98 Å². The molecule has 0 saturated heterocycles. The molecule has 2 aromatic carbocycles. The van der Waals surface area contributed by atoms with E-state index in [-0.39, 0.29) is 34.1 Å². The molecule has 0 radical (unpaired) electrons. The predicted molar refractivity (Wildman–Crippen MR) is 117 cm³/mol. The van der Waals surface area contributed by atoms with Crippen LogP contribution >= 0.6 is 11.6 Å². The number of carbonyl (C=O) groups is 1. The van der Waals surface area contributed by atoms with E-state index < -0.39 is 35.1 Å². The van der Waals surface area contributed by atoms with Crippen molar-refractivity contribution in [3.8, 4) is 5.69 Å². The van der Waals surface area contributed by atoms with Crippen LogP contribution in [0.4, 0.5) is 23.9 Å². The van der Waals surface area contributed by atoms with Gasteiger partial charge in [0.05, 0.1) is 11.2 Å². The Morgan fingerprint density at radius 1 is 1.25 bits per heavy atom. The van der Waals surface area contributed by atoms with Crippen molar-refractivity contribution in [2.24, 2.45) is 0 Å². The van der Waals surface area contributed by atoms with Gasteiger partial charge < -0.3 is 4.74 Å². The molecule has 10 heteroatoms. The molecule has 6 nitrogen and oxygen atoms in total. The average molecular weight is 468 g/mol. The third-order valence-corrected chi connectivity index (χ3v) is 4.63. The number of anilines is 1. The smallest absolute Gasteiger partial charge is 0.417 e. The first-order valence-electron chi connectivity index (χ1n) is 9.73. The molecule has 0 aliphatic heterocycles. The third kappa shape index (κ3) is 4.72. The second kappa shape index (κ2) is 8.82. The van der Waals surface area contributed by atoms with Crippen LogP contribution in [0.25, 0.3) is 16.6 Å². The highest BCUT2D eigenvalue weighted by Gasteiger charge is 2.28. The highest BCUT2D eigenvalue weighted by atomic mass is 35.5. The largest absolute Gasteiger partial charge is 0.443 e. The molecule has 0 N–H and O–H groups in total. The number of amides is 1. The summed E-state index contributed by atoms with van der Waals surface area (Å²) < 4.78 is 47.6. The van der Waals surface area contributed by atoms with E-state index in [0.29, 0.717) is 0 Å². The molecule has 0 unspecified atom stereocenters. The van der Waals surface area contributed by atoms with Crippen molar-refractivity contribution in [1.82, 2.24) is 9.55 Å². The van der Waals surface area contributed by atoms with Crippen LogP contribution < -0.4 is 10.5 Å². The van der Waals surface area contributed by atoms with Gasteiger partial charge in [-0.05, 0) is 58.0 Å². The molecule has 3 aromatic rings. The zero-order valence-corrected chi connectivity index (χ0v) is 18.6. The van der Waals surface area contributed by atoms with Gasteiger partial charge in [0.15, 0.2) is 0 Å². The number of carbonyl (C=O) groups excluding carboxylic acids is 1. The van der Waals surface area contributed by atoms with Gasteiger partial charge in [0.2, 0.25) is 5.95 Å². The first-order valence-corrected chi connectivity index (χ1v) is 10.1. The van der Waals surface area contributed by atoms with Crippen LogP contribution in [0.5, 0.6) is 0 Å². The molecule has 0 spiro atoms. The maximum Gasteiger partial charge on any atom is 0.417 e. The van der Waals surface area contributed by atoms with E-state index in [1.165, 1.54) is 18.2 Å². The lowest BCUT2D eigenvalue weighted by Crippen LogP contribution is -2.40. The van der Waals surface area contributed by atoms with Gasteiger partial charge in [0.1, 0.15) is 16.8 Å². The Hall–Kier alpha value is -3.07. The molecule has 3 rings (SSSR count). The van der Waals surface area contributed by atoms with Crippen molar-refractivity contribution < 1.29 is 22.7 Å². The Bertz CT molecular complexity index is 1240. The number of rotatable bonds is 4. The lowest BCUT2D eigenvalue weighted by Gasteiger charge is -2.27. The summed E-state index contributed by atoms with van der Waals surface area (Å²) in [6, 6.07) is 7.23. The molecular weight excluding hydrogens is 447 g/mol. The van der Waals surface area contributed by atoms with E-state index in [4.69, 9.17) is 16.3 Å². The van der Waals surface area contributed by atoms with Gasteiger partial charge in [0.25, 0.3) is 12.0 Å². The molecule has 32 heavy (non-hydrogen) atoms. The SMILES string of the molecule is CCN(C(=O)OC(C)(C)C)c1nc2cccc(F)c2c(=O)n1-c1cc(Cl)cc(C(F)F)c1. The van der Waals surface area contributed by atoms with Gasteiger partial charge in [-0.25, -0.2) is 32.4 Å². The van der Waals surface area contributed by atoms with Gasteiger partial charge in [-0.2, -0.15) is 0 Å². The lowest BCUT2D eigenvalue weighted by atomic mass is 10.2. The van der Waals surface area contributed by atoms with Crippen molar-refractivity contribution in [1.29, 1.82) is 0 Å². The van der Waals surface area contributed by atoms with Crippen LogP contribution in [0, 0.1) is 5.82 Å². The van der Waals surface area contributed by atoms with Gasteiger partial charge in [-0.1, -0.05) is 17.7 Å². The van der Waals surface area contributed by atoms with Crippen molar-refractivity contribution >= 4 is 34.5 Å². The minimum Gasteiger partial charge on any atom is -0.443 e. The molecule has 0 aliphatic rings. The van der Waals surface area contributed by atoms with E-state index in [0.717, 1.165) is 27.7 Å². The van der Waals surface area contributed by atoms with E-state index in [1.807, 2.05) is 0 Å². The summed E-state index contributed by atoms with van der Waals surface area (Å²) in [4.78, 5) is 31.6. The van der Waals surface area contributed by atoms with Crippen molar-refractivity contribution in [2.45, 2.75) is 39.7 Å². The first-order chi connectivity index (χ1) is 14.9. The van der Waals surface area contributed by atoms with Crippen LogP contribution in [0.15, 0.2) is 41.2 Å². The summed E-state index contributed by atoms with van der Waals surface area (Å²) in [5, 5.41) is -0.417. The average Bonchev–Trinajstić information content (AvgIpc) is 2.66. The quantitative estimate of drug-likeness (QED) is 0.481. The monoisotopic (exact) mass is 467 g/mol. The fourth-order valence-corrected chi connectivity index (χ4v) is 3.35. The molecular formula is C22H21ClF3N3O3. The maximum atomic E-state index is 14.5. The van der Waals surface area contributed by atoms with Gasteiger partial charge >= 0.3 is 6.09 Å². The number of benzene rings is 2. The highest BCUT2D eigenvalue weighted by Crippen LogP contribution is 2.28. The Morgan fingerprint density at radius 3 is 2.53 bits per heavy atom. The van der Waals surface area contributed by atoms with Crippen molar-refractivity contribution in [2.75, 3.05) is 11.4 Å². The summed E-state index contributed by atoms with van der Waals surface area (Å²) in [6.07, 6.45) is -3.68. The van der Waals surface area contributed by atoms with Gasteiger partial charge in [-0.3, -0.25) is 4.79 Å². The van der Waals surface area contributed by atoms with E-state index in [1.54, 1.807) is 27.7 Å². The van der Waals surface area contributed by atoms with Crippen LogP contribution in [0.1, 0.15) is 39.7 Å². The molecule has 170 valence electrons. The normalized spacial score (nSPS) is 11.8. The molecule has 0 aliphatic carbocycles. The number of ether oxygens (including phenoxy) is 1. The topological polar surface area (TPSA) is 64.4 Å². The van der Waals surface area contributed by atoms with Crippen LogP contribution in [0.2, 0.25) is 5.02 Å².